The Morgan fingerprint density at radius 2 is 2.05 bits per heavy atom. The molecule has 104 valence electrons. The van der Waals surface area contributed by atoms with E-state index in [4.69, 9.17) is 0 Å². The molecule has 1 amide bonds. The minimum Gasteiger partial charge on any atom is -0.355 e. The molecular weight excluding hydrogens is 308 g/mol. The lowest BCUT2D eigenvalue weighted by Crippen LogP contribution is -2.37. The minimum atomic E-state index is -0.0496. The quantitative estimate of drug-likeness (QED) is 0.780. The predicted octanol–water partition coefficient (Wildman–Crippen LogP) is 2.09. The predicted molar refractivity (Wildman–Crippen MR) is 79.3 cm³/mol. The summed E-state index contributed by atoms with van der Waals surface area (Å²) in [5.41, 5.74) is 0.648. The Morgan fingerprint density at radius 3 is 2.68 bits per heavy atom. The van der Waals surface area contributed by atoms with Crippen LogP contribution in [0.15, 0.2) is 28.7 Å². The molecule has 19 heavy (non-hydrogen) atoms. The highest BCUT2D eigenvalue weighted by atomic mass is 79.9. The van der Waals surface area contributed by atoms with Crippen LogP contribution in [-0.2, 0) is 4.79 Å². The number of nitrogens with zero attached hydrogens (tertiary/aromatic N) is 1. The highest BCUT2D eigenvalue weighted by Crippen LogP contribution is 2.12. The largest absolute Gasteiger partial charge is 0.355 e. The van der Waals surface area contributed by atoms with Gasteiger partial charge >= 0.3 is 0 Å². The Balaban J connectivity index is 2.46. The molecule has 1 rings (SSSR count). The van der Waals surface area contributed by atoms with Crippen molar-refractivity contribution in [1.29, 1.82) is 0 Å². The van der Waals surface area contributed by atoms with Crippen LogP contribution >= 0.6 is 15.9 Å². The van der Waals surface area contributed by atoms with Crippen LogP contribution in [0.1, 0.15) is 23.7 Å². The molecule has 4 nitrogen and oxygen atoms in total. The summed E-state index contributed by atoms with van der Waals surface area (Å²) in [6, 6.07) is 7.26. The van der Waals surface area contributed by atoms with Crippen molar-refractivity contribution in [2.75, 3.05) is 26.7 Å². The van der Waals surface area contributed by atoms with Gasteiger partial charge in [-0.3, -0.25) is 14.5 Å². The molecule has 1 aromatic carbocycles. The lowest BCUT2D eigenvalue weighted by Gasteiger charge is -2.15. The summed E-state index contributed by atoms with van der Waals surface area (Å²) in [6.07, 6.45) is 0.909. The SMILES string of the molecule is CCCNC(=O)CN(C)CC(=O)c1cccc(Br)c1. The van der Waals surface area contributed by atoms with Gasteiger partial charge in [-0.1, -0.05) is 35.0 Å². The molecule has 0 aromatic heterocycles. The van der Waals surface area contributed by atoms with Crippen molar-refractivity contribution in [3.63, 3.8) is 0 Å². The minimum absolute atomic E-state index is 0.00657. The number of Topliss-reactive ketones (excluding diaryl/α,β-unsaturated/α-hetero) is 1. The van der Waals surface area contributed by atoms with Gasteiger partial charge in [-0.05, 0) is 25.6 Å². The molecule has 0 aliphatic rings. The first-order valence-corrected chi connectivity index (χ1v) is 7.06. The first kappa shape index (κ1) is 15.9. The Morgan fingerprint density at radius 1 is 1.32 bits per heavy atom. The maximum atomic E-state index is 12.0. The number of likely N-dealkylation sites (N-methyl/N-ethyl adjacent to an activating group) is 1. The standard InChI is InChI=1S/C14H19BrN2O2/c1-3-7-16-14(19)10-17(2)9-13(18)11-5-4-6-12(15)8-11/h4-6,8H,3,7,9-10H2,1-2H3,(H,16,19). The average Bonchev–Trinajstić information content (AvgIpc) is 2.36. The van der Waals surface area contributed by atoms with Crippen molar-refractivity contribution >= 4 is 27.6 Å². The van der Waals surface area contributed by atoms with Gasteiger partial charge in [0.15, 0.2) is 5.78 Å². The number of ketones is 1. The van der Waals surface area contributed by atoms with Crippen molar-refractivity contribution in [2.45, 2.75) is 13.3 Å². The van der Waals surface area contributed by atoms with Crippen LogP contribution in [0.2, 0.25) is 0 Å². The highest BCUT2D eigenvalue weighted by molar-refractivity contribution is 9.10. The van der Waals surface area contributed by atoms with E-state index in [1.165, 1.54) is 0 Å². The molecule has 0 bridgehead atoms. The Labute approximate surface area is 122 Å². The van der Waals surface area contributed by atoms with Crippen LogP contribution in [0.4, 0.5) is 0 Å². The fraction of sp³-hybridized carbons (Fsp3) is 0.429. The van der Waals surface area contributed by atoms with E-state index in [-0.39, 0.29) is 24.8 Å². The summed E-state index contributed by atoms with van der Waals surface area (Å²) in [5, 5.41) is 2.79. The van der Waals surface area contributed by atoms with Crippen LogP contribution in [-0.4, -0.2) is 43.3 Å². The number of carbonyl (C=O) groups is 2. The molecule has 0 fully saturated rings. The van der Waals surface area contributed by atoms with Gasteiger partial charge in [-0.15, -0.1) is 0 Å². The van der Waals surface area contributed by atoms with E-state index in [0.29, 0.717) is 12.1 Å². The molecule has 0 heterocycles. The lowest BCUT2D eigenvalue weighted by molar-refractivity contribution is -0.121. The van der Waals surface area contributed by atoms with Crippen molar-refractivity contribution in [1.82, 2.24) is 10.2 Å². The molecule has 1 aromatic rings. The summed E-state index contributed by atoms with van der Waals surface area (Å²) in [4.78, 5) is 25.2. The fourth-order valence-corrected chi connectivity index (χ4v) is 2.02. The van der Waals surface area contributed by atoms with Crippen LogP contribution in [0.25, 0.3) is 0 Å². The first-order chi connectivity index (χ1) is 9.02. The second kappa shape index (κ2) is 8.07. The molecule has 0 aliphatic carbocycles. The second-order valence-corrected chi connectivity index (χ2v) is 5.37. The van der Waals surface area contributed by atoms with E-state index in [2.05, 4.69) is 21.2 Å². The molecule has 0 atom stereocenters. The summed E-state index contributed by atoms with van der Waals surface area (Å²) in [5.74, 6) is -0.0431. The number of halogens is 1. The zero-order valence-corrected chi connectivity index (χ0v) is 12.9. The number of amides is 1. The summed E-state index contributed by atoms with van der Waals surface area (Å²) >= 11 is 3.34. The third-order valence-electron chi connectivity index (χ3n) is 2.55. The maximum Gasteiger partial charge on any atom is 0.234 e. The van der Waals surface area contributed by atoms with E-state index in [1.54, 1.807) is 24.1 Å². The van der Waals surface area contributed by atoms with Crippen LogP contribution < -0.4 is 5.32 Å². The smallest absolute Gasteiger partial charge is 0.234 e. The van der Waals surface area contributed by atoms with Crippen molar-refractivity contribution in [3.05, 3.63) is 34.3 Å². The molecule has 1 N–H and O–H groups in total. The summed E-state index contributed by atoms with van der Waals surface area (Å²) < 4.78 is 0.877. The second-order valence-electron chi connectivity index (χ2n) is 4.46. The lowest BCUT2D eigenvalue weighted by atomic mass is 10.1. The van der Waals surface area contributed by atoms with Crippen LogP contribution in [0.5, 0.6) is 0 Å². The third kappa shape index (κ3) is 5.98. The van der Waals surface area contributed by atoms with E-state index >= 15 is 0 Å². The van der Waals surface area contributed by atoms with Gasteiger partial charge in [-0.25, -0.2) is 0 Å². The number of hydrogen-bond donors (Lipinski definition) is 1. The fourth-order valence-electron chi connectivity index (χ4n) is 1.62. The van der Waals surface area contributed by atoms with Crippen molar-refractivity contribution in [2.24, 2.45) is 0 Å². The molecule has 0 saturated heterocycles. The normalized spacial score (nSPS) is 10.5. The maximum absolute atomic E-state index is 12.0. The first-order valence-electron chi connectivity index (χ1n) is 6.27. The topological polar surface area (TPSA) is 49.4 Å². The van der Waals surface area contributed by atoms with Crippen molar-refractivity contribution in [3.8, 4) is 0 Å². The van der Waals surface area contributed by atoms with Gasteiger partial charge in [0.05, 0.1) is 13.1 Å². The molecule has 0 radical (unpaired) electrons. The Kier molecular flexibility index (Phi) is 6.73. The third-order valence-corrected chi connectivity index (χ3v) is 3.04. The van der Waals surface area contributed by atoms with Gasteiger partial charge in [0.1, 0.15) is 0 Å². The van der Waals surface area contributed by atoms with E-state index in [9.17, 15) is 9.59 Å². The van der Waals surface area contributed by atoms with Gasteiger partial charge < -0.3 is 5.32 Å². The molecule has 0 spiro atoms. The Hall–Kier alpha value is -1.20. The summed E-state index contributed by atoms with van der Waals surface area (Å²) in [7, 11) is 1.77. The van der Waals surface area contributed by atoms with Gasteiger partial charge in [0.25, 0.3) is 0 Å². The van der Waals surface area contributed by atoms with Gasteiger partial charge in [0.2, 0.25) is 5.91 Å². The van der Waals surface area contributed by atoms with Gasteiger partial charge in [-0.2, -0.15) is 0 Å². The monoisotopic (exact) mass is 326 g/mol. The molecular formula is C14H19BrN2O2. The van der Waals surface area contributed by atoms with E-state index in [0.717, 1.165) is 10.9 Å². The number of rotatable bonds is 7. The molecule has 5 heteroatoms. The van der Waals surface area contributed by atoms with E-state index < -0.39 is 0 Å². The van der Waals surface area contributed by atoms with Crippen LogP contribution in [0.3, 0.4) is 0 Å². The highest BCUT2D eigenvalue weighted by Gasteiger charge is 2.12. The molecule has 0 unspecified atom stereocenters. The van der Waals surface area contributed by atoms with Crippen molar-refractivity contribution < 1.29 is 9.59 Å². The van der Waals surface area contributed by atoms with E-state index in [1.807, 2.05) is 19.1 Å². The average molecular weight is 327 g/mol. The molecule has 0 saturated carbocycles. The zero-order valence-electron chi connectivity index (χ0n) is 11.3. The Bertz CT molecular complexity index is 449. The number of benzene rings is 1. The number of carbonyl (C=O) groups excluding carboxylic acids is 2. The number of hydrogen-bond acceptors (Lipinski definition) is 3. The molecule has 0 aliphatic heterocycles. The van der Waals surface area contributed by atoms with Gasteiger partial charge in [0, 0.05) is 16.6 Å². The summed E-state index contributed by atoms with van der Waals surface area (Å²) in [6.45, 7) is 3.14. The van der Waals surface area contributed by atoms with Crippen LogP contribution in [0, 0.1) is 0 Å². The number of nitrogens with one attached hydrogen (secondary N) is 1. The zero-order chi connectivity index (χ0) is 14.3.